The molecule has 0 spiro atoms. The van der Waals surface area contributed by atoms with E-state index in [0.717, 1.165) is 22.8 Å². The first-order chi connectivity index (χ1) is 12.6. The third-order valence-corrected chi connectivity index (χ3v) is 4.05. The second kappa shape index (κ2) is 7.87. The van der Waals surface area contributed by atoms with Gasteiger partial charge in [0.2, 0.25) is 0 Å². The molecular weight excluding hydrogens is 328 g/mol. The van der Waals surface area contributed by atoms with Crippen LogP contribution in [0.4, 0.5) is 0 Å². The molecule has 5 nitrogen and oxygen atoms in total. The van der Waals surface area contributed by atoms with Crippen LogP contribution in [0.1, 0.15) is 18.2 Å². The minimum atomic E-state index is -0.285. The zero-order valence-corrected chi connectivity index (χ0v) is 15.2. The summed E-state index contributed by atoms with van der Waals surface area (Å²) in [6, 6.07) is 15.9. The predicted molar refractivity (Wildman–Crippen MR) is 101 cm³/mol. The summed E-state index contributed by atoms with van der Waals surface area (Å²) in [6.07, 6.45) is 2.01. The molecule has 0 radical (unpaired) electrons. The number of carbonyl (C=O) groups is 1. The van der Waals surface area contributed by atoms with E-state index in [1.54, 1.807) is 14.0 Å². The Kier molecular flexibility index (Phi) is 5.37. The lowest BCUT2D eigenvalue weighted by Crippen LogP contribution is -2.07. The molecule has 0 bridgehead atoms. The second-order valence-corrected chi connectivity index (χ2v) is 5.94. The maximum Gasteiger partial charge on any atom is 0.311 e. The molecule has 0 N–H and O–H groups in total. The number of nitrogens with zero attached hydrogens (tertiary/aromatic N) is 2. The van der Waals surface area contributed by atoms with Crippen molar-refractivity contribution >= 4 is 5.97 Å². The summed E-state index contributed by atoms with van der Waals surface area (Å²) in [5.74, 6) is 1.17. The van der Waals surface area contributed by atoms with Gasteiger partial charge in [0, 0.05) is 11.9 Å². The van der Waals surface area contributed by atoms with Crippen LogP contribution >= 0.6 is 0 Å². The average Bonchev–Trinajstić information content (AvgIpc) is 3.06. The van der Waals surface area contributed by atoms with Crippen LogP contribution in [0.2, 0.25) is 0 Å². The Balaban J connectivity index is 2.10. The summed E-state index contributed by atoms with van der Waals surface area (Å²) < 4.78 is 12.5. The Hall–Kier alpha value is -3.08. The van der Waals surface area contributed by atoms with E-state index < -0.39 is 0 Å². The normalized spacial score (nSPS) is 10.6. The number of hydrogen-bond acceptors (Lipinski definition) is 4. The number of hydrogen-bond donors (Lipinski definition) is 0. The molecule has 0 saturated carbocycles. The number of aromatic nitrogens is 2. The van der Waals surface area contributed by atoms with Gasteiger partial charge in [-0.1, -0.05) is 29.8 Å². The number of benzene rings is 2. The second-order valence-electron chi connectivity index (χ2n) is 5.94. The van der Waals surface area contributed by atoms with Gasteiger partial charge in [0.15, 0.2) is 0 Å². The highest BCUT2D eigenvalue weighted by Crippen LogP contribution is 2.31. The molecule has 0 aliphatic carbocycles. The van der Waals surface area contributed by atoms with Gasteiger partial charge in [0.25, 0.3) is 0 Å². The van der Waals surface area contributed by atoms with Gasteiger partial charge < -0.3 is 9.47 Å². The zero-order valence-electron chi connectivity index (χ0n) is 15.2. The fourth-order valence-electron chi connectivity index (χ4n) is 2.80. The monoisotopic (exact) mass is 350 g/mol. The van der Waals surface area contributed by atoms with Crippen LogP contribution in [0.25, 0.3) is 17.1 Å². The van der Waals surface area contributed by atoms with Gasteiger partial charge in [-0.15, -0.1) is 0 Å². The summed E-state index contributed by atoms with van der Waals surface area (Å²) in [4.78, 5) is 16.6. The molecule has 26 heavy (non-hydrogen) atoms. The van der Waals surface area contributed by atoms with Crippen molar-refractivity contribution in [2.24, 2.45) is 0 Å². The molecule has 1 aromatic heterocycles. The van der Waals surface area contributed by atoms with Gasteiger partial charge in [-0.25, -0.2) is 4.98 Å². The van der Waals surface area contributed by atoms with Gasteiger partial charge in [-0.05, 0) is 38.1 Å². The van der Waals surface area contributed by atoms with Crippen LogP contribution in [0.15, 0.2) is 54.7 Å². The molecule has 0 fully saturated rings. The number of carbonyl (C=O) groups excluding carboxylic acids is 1. The number of imidazole rings is 1. The maximum absolute atomic E-state index is 11.9. The number of rotatable bonds is 6. The first-order valence-electron chi connectivity index (χ1n) is 8.56. The maximum atomic E-state index is 11.9. The van der Waals surface area contributed by atoms with E-state index in [1.165, 1.54) is 5.56 Å². The Bertz CT molecular complexity index is 898. The lowest BCUT2D eigenvalue weighted by Gasteiger charge is -2.11. The first kappa shape index (κ1) is 17.7. The van der Waals surface area contributed by atoms with E-state index in [2.05, 4.69) is 0 Å². The van der Waals surface area contributed by atoms with Crippen molar-refractivity contribution < 1.29 is 14.3 Å². The molecule has 3 aromatic rings. The van der Waals surface area contributed by atoms with Gasteiger partial charge in [-0.3, -0.25) is 9.36 Å². The molecule has 134 valence electrons. The van der Waals surface area contributed by atoms with Crippen LogP contribution in [-0.4, -0.2) is 29.2 Å². The van der Waals surface area contributed by atoms with Gasteiger partial charge in [0.1, 0.15) is 11.6 Å². The quantitative estimate of drug-likeness (QED) is 0.632. The van der Waals surface area contributed by atoms with Crippen molar-refractivity contribution in [1.29, 1.82) is 0 Å². The van der Waals surface area contributed by atoms with Crippen LogP contribution in [0.5, 0.6) is 5.75 Å². The van der Waals surface area contributed by atoms with Crippen molar-refractivity contribution in [3.8, 4) is 22.8 Å². The lowest BCUT2D eigenvalue weighted by atomic mass is 10.1. The number of esters is 1. The molecule has 0 aliphatic rings. The van der Waals surface area contributed by atoms with Crippen LogP contribution in [0.3, 0.4) is 0 Å². The van der Waals surface area contributed by atoms with E-state index in [1.807, 2.05) is 66.2 Å². The number of methoxy groups -OCH3 is 1. The van der Waals surface area contributed by atoms with Gasteiger partial charge in [0.05, 0.1) is 31.4 Å². The average molecular weight is 350 g/mol. The molecule has 1 heterocycles. The van der Waals surface area contributed by atoms with Gasteiger partial charge >= 0.3 is 5.97 Å². The molecule has 0 saturated heterocycles. The van der Waals surface area contributed by atoms with Crippen LogP contribution in [0, 0.1) is 6.92 Å². The van der Waals surface area contributed by atoms with Crippen molar-refractivity contribution in [1.82, 2.24) is 9.55 Å². The van der Waals surface area contributed by atoms with E-state index in [9.17, 15) is 4.79 Å². The molecule has 3 rings (SSSR count). The standard InChI is InChI=1S/C21H22N2O3/c1-4-26-20(24)13-16-14-23(17-11-9-15(2)10-12-17)21(22-16)18-7-5-6-8-19(18)25-3/h5-12,14H,4,13H2,1-3H3. The third-order valence-electron chi connectivity index (χ3n) is 4.05. The van der Waals surface area contributed by atoms with E-state index in [4.69, 9.17) is 14.5 Å². The molecule has 0 amide bonds. The summed E-state index contributed by atoms with van der Waals surface area (Å²) >= 11 is 0. The Morgan fingerprint density at radius 2 is 1.85 bits per heavy atom. The Morgan fingerprint density at radius 1 is 1.12 bits per heavy atom. The summed E-state index contributed by atoms with van der Waals surface area (Å²) in [5.41, 5.74) is 3.68. The molecule has 2 aromatic carbocycles. The van der Waals surface area contributed by atoms with Crippen molar-refractivity contribution in [2.75, 3.05) is 13.7 Å². The topological polar surface area (TPSA) is 53.4 Å². The highest BCUT2D eigenvalue weighted by Gasteiger charge is 2.17. The number of aryl methyl sites for hydroxylation is 1. The van der Waals surface area contributed by atoms with E-state index in [0.29, 0.717) is 12.3 Å². The first-order valence-corrected chi connectivity index (χ1v) is 8.56. The lowest BCUT2D eigenvalue weighted by molar-refractivity contribution is -0.142. The van der Waals surface area contributed by atoms with Crippen LogP contribution in [-0.2, 0) is 16.0 Å². The zero-order chi connectivity index (χ0) is 18.5. The summed E-state index contributed by atoms with van der Waals surface area (Å²) in [7, 11) is 1.64. The SMILES string of the molecule is CCOC(=O)Cc1cn(-c2ccc(C)cc2)c(-c2ccccc2OC)n1. The predicted octanol–water partition coefficient (Wildman–Crippen LogP) is 3.96. The van der Waals surface area contributed by atoms with Crippen molar-refractivity contribution in [3.63, 3.8) is 0 Å². The largest absolute Gasteiger partial charge is 0.496 e. The smallest absolute Gasteiger partial charge is 0.311 e. The third kappa shape index (κ3) is 3.77. The van der Waals surface area contributed by atoms with Crippen molar-refractivity contribution in [3.05, 3.63) is 66.0 Å². The minimum absolute atomic E-state index is 0.134. The van der Waals surface area contributed by atoms with E-state index in [-0.39, 0.29) is 12.4 Å². The summed E-state index contributed by atoms with van der Waals surface area (Å²) in [5, 5.41) is 0. The summed E-state index contributed by atoms with van der Waals surface area (Å²) in [6.45, 7) is 4.20. The van der Waals surface area contributed by atoms with E-state index >= 15 is 0 Å². The van der Waals surface area contributed by atoms with Crippen molar-refractivity contribution in [2.45, 2.75) is 20.3 Å². The minimum Gasteiger partial charge on any atom is -0.496 e. The highest BCUT2D eigenvalue weighted by atomic mass is 16.5. The number of ether oxygens (including phenoxy) is 2. The molecule has 0 unspecified atom stereocenters. The van der Waals surface area contributed by atoms with Crippen LogP contribution < -0.4 is 4.74 Å². The number of para-hydroxylation sites is 1. The Morgan fingerprint density at radius 3 is 2.54 bits per heavy atom. The molecule has 0 atom stereocenters. The molecular formula is C21H22N2O3. The fourth-order valence-corrected chi connectivity index (χ4v) is 2.80. The Labute approximate surface area is 153 Å². The van der Waals surface area contributed by atoms with Gasteiger partial charge in [-0.2, -0.15) is 0 Å². The highest BCUT2D eigenvalue weighted by molar-refractivity contribution is 5.73. The molecule has 0 aliphatic heterocycles. The molecule has 5 heteroatoms. The fraction of sp³-hybridized carbons (Fsp3) is 0.238.